The summed E-state index contributed by atoms with van der Waals surface area (Å²) in [5.74, 6) is 0.906. The van der Waals surface area contributed by atoms with Crippen molar-refractivity contribution >= 4 is 10.0 Å². The molecule has 0 saturated carbocycles. The van der Waals surface area contributed by atoms with E-state index in [1.807, 2.05) is 0 Å². The number of sulfonamides is 1. The Balaban J connectivity index is 1.61. The van der Waals surface area contributed by atoms with Crippen molar-refractivity contribution in [2.75, 3.05) is 26.2 Å². The molecule has 3 rings (SSSR count). The van der Waals surface area contributed by atoms with Crippen molar-refractivity contribution in [3.05, 3.63) is 24.3 Å². The summed E-state index contributed by atoms with van der Waals surface area (Å²) in [5, 5.41) is 9.32. The Morgan fingerprint density at radius 1 is 0.957 bits per heavy atom. The molecule has 1 aromatic carbocycles. The van der Waals surface area contributed by atoms with E-state index in [1.165, 1.54) is 37.1 Å². The fourth-order valence-corrected chi connectivity index (χ4v) is 5.08. The summed E-state index contributed by atoms with van der Waals surface area (Å²) in [6, 6.07) is 6.32. The third-order valence-corrected chi connectivity index (χ3v) is 7.15. The van der Waals surface area contributed by atoms with Crippen LogP contribution in [0.4, 0.5) is 0 Å². The molecular formula is C17H26N2O3S. The van der Waals surface area contributed by atoms with Crippen molar-refractivity contribution in [1.82, 2.24) is 9.21 Å². The summed E-state index contributed by atoms with van der Waals surface area (Å²) in [6.07, 6.45) is 4.33. The van der Waals surface area contributed by atoms with E-state index in [9.17, 15) is 13.5 Å². The fourth-order valence-electron chi connectivity index (χ4n) is 3.61. The van der Waals surface area contributed by atoms with E-state index in [0.717, 1.165) is 31.8 Å². The van der Waals surface area contributed by atoms with Crippen molar-refractivity contribution in [3.8, 4) is 5.75 Å². The molecule has 6 heteroatoms. The lowest BCUT2D eigenvalue weighted by molar-refractivity contribution is 0.101. The molecule has 2 saturated heterocycles. The summed E-state index contributed by atoms with van der Waals surface area (Å²) in [5.41, 5.74) is 0. The van der Waals surface area contributed by atoms with Gasteiger partial charge in [-0.2, -0.15) is 4.31 Å². The first-order chi connectivity index (χ1) is 11.0. The maximum absolute atomic E-state index is 12.7. The van der Waals surface area contributed by atoms with E-state index in [4.69, 9.17) is 0 Å². The second-order valence-corrected chi connectivity index (χ2v) is 8.79. The third kappa shape index (κ3) is 3.70. The molecule has 0 atom stereocenters. The van der Waals surface area contributed by atoms with Gasteiger partial charge in [0.1, 0.15) is 5.75 Å². The average Bonchev–Trinajstić information content (AvgIpc) is 2.56. The Morgan fingerprint density at radius 2 is 1.52 bits per heavy atom. The SMILES string of the molecule is CC1CCN(C2CCN(S(=O)(=O)c3ccc(O)cc3)CC2)CC1. The van der Waals surface area contributed by atoms with Crippen LogP contribution in [0.15, 0.2) is 29.2 Å². The molecule has 1 aromatic rings. The Labute approximate surface area is 139 Å². The zero-order valence-corrected chi connectivity index (χ0v) is 14.5. The van der Waals surface area contributed by atoms with Gasteiger partial charge in [0.25, 0.3) is 0 Å². The van der Waals surface area contributed by atoms with Crippen molar-refractivity contribution in [3.63, 3.8) is 0 Å². The number of likely N-dealkylation sites (tertiary alicyclic amines) is 1. The molecular weight excluding hydrogens is 312 g/mol. The van der Waals surface area contributed by atoms with E-state index in [0.29, 0.717) is 19.1 Å². The Kier molecular flexibility index (Phi) is 4.94. The van der Waals surface area contributed by atoms with Crippen LogP contribution in [0, 0.1) is 5.92 Å². The molecule has 23 heavy (non-hydrogen) atoms. The van der Waals surface area contributed by atoms with Gasteiger partial charge in [-0.1, -0.05) is 6.92 Å². The van der Waals surface area contributed by atoms with Crippen LogP contribution in [0.1, 0.15) is 32.6 Å². The minimum atomic E-state index is -3.44. The first kappa shape index (κ1) is 16.7. The highest BCUT2D eigenvalue weighted by atomic mass is 32.2. The van der Waals surface area contributed by atoms with Crippen LogP contribution in [-0.2, 0) is 10.0 Å². The zero-order chi connectivity index (χ0) is 16.4. The summed E-state index contributed by atoms with van der Waals surface area (Å²) < 4.78 is 26.9. The van der Waals surface area contributed by atoms with Crippen LogP contribution >= 0.6 is 0 Å². The van der Waals surface area contributed by atoms with Crippen LogP contribution in [0.2, 0.25) is 0 Å². The topological polar surface area (TPSA) is 60.9 Å². The van der Waals surface area contributed by atoms with Gasteiger partial charge in [-0.3, -0.25) is 0 Å². The van der Waals surface area contributed by atoms with Gasteiger partial charge in [-0.25, -0.2) is 8.42 Å². The molecule has 0 unspecified atom stereocenters. The Hall–Kier alpha value is -1.11. The molecule has 2 aliphatic rings. The second kappa shape index (κ2) is 6.79. The van der Waals surface area contributed by atoms with Crippen LogP contribution < -0.4 is 0 Å². The molecule has 2 aliphatic heterocycles. The summed E-state index contributed by atoms with van der Waals surface area (Å²) >= 11 is 0. The number of benzene rings is 1. The number of nitrogens with zero attached hydrogens (tertiary/aromatic N) is 2. The largest absolute Gasteiger partial charge is 0.508 e. The number of phenols is 1. The maximum Gasteiger partial charge on any atom is 0.243 e. The Morgan fingerprint density at radius 3 is 2.09 bits per heavy atom. The number of hydrogen-bond acceptors (Lipinski definition) is 4. The van der Waals surface area contributed by atoms with Gasteiger partial charge < -0.3 is 10.0 Å². The predicted molar refractivity (Wildman–Crippen MR) is 89.9 cm³/mol. The molecule has 0 spiro atoms. The summed E-state index contributed by atoms with van der Waals surface area (Å²) in [6.45, 7) is 5.77. The van der Waals surface area contributed by atoms with Gasteiger partial charge in [0, 0.05) is 19.1 Å². The van der Waals surface area contributed by atoms with Gasteiger partial charge in [0.2, 0.25) is 10.0 Å². The first-order valence-corrected chi connectivity index (χ1v) is 9.94. The Bertz CT molecular complexity index is 614. The van der Waals surface area contributed by atoms with Crippen molar-refractivity contribution in [2.45, 2.75) is 43.5 Å². The second-order valence-electron chi connectivity index (χ2n) is 6.85. The number of piperidine rings is 2. The van der Waals surface area contributed by atoms with E-state index in [1.54, 1.807) is 4.31 Å². The van der Waals surface area contributed by atoms with Gasteiger partial charge in [-0.15, -0.1) is 0 Å². The van der Waals surface area contributed by atoms with Crippen LogP contribution in [-0.4, -0.2) is 55.0 Å². The molecule has 2 heterocycles. The first-order valence-electron chi connectivity index (χ1n) is 8.50. The van der Waals surface area contributed by atoms with Crippen LogP contribution in [0.25, 0.3) is 0 Å². The number of aromatic hydroxyl groups is 1. The molecule has 0 radical (unpaired) electrons. The lowest BCUT2D eigenvalue weighted by Crippen LogP contribution is -2.48. The lowest BCUT2D eigenvalue weighted by atomic mass is 9.95. The number of phenolic OH excluding ortho intramolecular Hbond substituents is 1. The molecule has 128 valence electrons. The summed E-state index contributed by atoms with van der Waals surface area (Å²) in [7, 11) is -3.44. The molecule has 1 N–H and O–H groups in total. The monoisotopic (exact) mass is 338 g/mol. The van der Waals surface area contributed by atoms with Gasteiger partial charge in [0.05, 0.1) is 4.90 Å². The van der Waals surface area contributed by atoms with Crippen molar-refractivity contribution in [1.29, 1.82) is 0 Å². The summed E-state index contributed by atoms with van der Waals surface area (Å²) in [4.78, 5) is 2.81. The van der Waals surface area contributed by atoms with E-state index in [-0.39, 0.29) is 10.6 Å². The average molecular weight is 338 g/mol. The van der Waals surface area contributed by atoms with Crippen LogP contribution in [0.3, 0.4) is 0 Å². The maximum atomic E-state index is 12.7. The third-order valence-electron chi connectivity index (χ3n) is 5.23. The highest BCUT2D eigenvalue weighted by molar-refractivity contribution is 7.89. The zero-order valence-electron chi connectivity index (χ0n) is 13.7. The number of hydrogen-bond donors (Lipinski definition) is 1. The van der Waals surface area contributed by atoms with Crippen molar-refractivity contribution < 1.29 is 13.5 Å². The predicted octanol–water partition coefficient (Wildman–Crippen LogP) is 2.28. The molecule has 0 amide bonds. The minimum absolute atomic E-state index is 0.0852. The van der Waals surface area contributed by atoms with E-state index in [2.05, 4.69) is 11.8 Å². The van der Waals surface area contributed by atoms with Crippen molar-refractivity contribution in [2.24, 2.45) is 5.92 Å². The molecule has 0 bridgehead atoms. The van der Waals surface area contributed by atoms with Gasteiger partial charge in [-0.05, 0) is 69.0 Å². The fraction of sp³-hybridized carbons (Fsp3) is 0.647. The smallest absolute Gasteiger partial charge is 0.243 e. The van der Waals surface area contributed by atoms with Gasteiger partial charge >= 0.3 is 0 Å². The van der Waals surface area contributed by atoms with Crippen LogP contribution in [0.5, 0.6) is 5.75 Å². The quantitative estimate of drug-likeness (QED) is 0.918. The minimum Gasteiger partial charge on any atom is -0.508 e. The van der Waals surface area contributed by atoms with Gasteiger partial charge in [0.15, 0.2) is 0 Å². The number of rotatable bonds is 3. The molecule has 2 fully saturated rings. The highest BCUT2D eigenvalue weighted by Crippen LogP contribution is 2.27. The lowest BCUT2D eigenvalue weighted by Gasteiger charge is -2.41. The molecule has 0 aliphatic carbocycles. The molecule has 0 aromatic heterocycles. The van der Waals surface area contributed by atoms with E-state index < -0.39 is 10.0 Å². The molecule has 5 nitrogen and oxygen atoms in total. The standard InChI is InChI=1S/C17H26N2O3S/c1-14-6-10-18(11-7-14)15-8-12-19(13-9-15)23(21,22)17-4-2-16(20)3-5-17/h2-5,14-15,20H,6-13H2,1H3. The normalized spacial score (nSPS) is 23.2. The highest BCUT2D eigenvalue weighted by Gasteiger charge is 2.32. The van der Waals surface area contributed by atoms with E-state index >= 15 is 0 Å².